The van der Waals surface area contributed by atoms with E-state index in [1.165, 1.54) is 18.2 Å². The minimum atomic E-state index is -0.736. The van der Waals surface area contributed by atoms with Crippen LogP contribution in [0.15, 0.2) is 24.3 Å². The molecule has 0 N–H and O–H groups in total. The molecular formula is C16H20N2O5. The van der Waals surface area contributed by atoms with Crippen molar-refractivity contribution in [2.75, 3.05) is 19.7 Å². The summed E-state index contributed by atoms with van der Waals surface area (Å²) in [5.41, 5.74) is -0.128. The van der Waals surface area contributed by atoms with Gasteiger partial charge in [0.15, 0.2) is 6.61 Å². The number of carbonyl (C=O) groups excluding carboxylic acids is 2. The predicted octanol–water partition coefficient (Wildman–Crippen LogP) is 2.26. The second-order valence-electron chi connectivity index (χ2n) is 6.13. The summed E-state index contributed by atoms with van der Waals surface area (Å²) in [7, 11) is 0. The number of likely N-dealkylation sites (tertiary alicyclic amines) is 1. The molecule has 0 spiro atoms. The van der Waals surface area contributed by atoms with E-state index < -0.39 is 10.9 Å². The van der Waals surface area contributed by atoms with Crippen LogP contribution in [-0.4, -0.2) is 41.4 Å². The zero-order chi connectivity index (χ0) is 17.0. The van der Waals surface area contributed by atoms with E-state index >= 15 is 0 Å². The summed E-state index contributed by atoms with van der Waals surface area (Å²) in [5.74, 6) is -0.118. The Hall–Kier alpha value is -2.44. The van der Waals surface area contributed by atoms with Crippen LogP contribution < -0.4 is 0 Å². The largest absolute Gasteiger partial charge is 0.452 e. The number of non-ortho nitro benzene ring substituents is 1. The Kier molecular flexibility index (Phi) is 5.31. The summed E-state index contributed by atoms with van der Waals surface area (Å²) in [6.07, 6.45) is 1.08. The van der Waals surface area contributed by atoms with Gasteiger partial charge in [0.1, 0.15) is 0 Å². The van der Waals surface area contributed by atoms with Gasteiger partial charge in [0.25, 0.3) is 11.6 Å². The van der Waals surface area contributed by atoms with E-state index in [1.54, 1.807) is 4.90 Å². The number of nitro benzene ring substituents is 1. The molecule has 1 aromatic rings. The van der Waals surface area contributed by atoms with Gasteiger partial charge in [0.05, 0.1) is 10.5 Å². The molecule has 0 aromatic heterocycles. The summed E-state index contributed by atoms with van der Waals surface area (Å²) in [4.78, 5) is 35.9. The van der Waals surface area contributed by atoms with Crippen molar-refractivity contribution in [3.63, 3.8) is 0 Å². The Balaban J connectivity index is 1.92. The average Bonchev–Trinajstić information content (AvgIpc) is 2.51. The monoisotopic (exact) mass is 320 g/mol. The average molecular weight is 320 g/mol. The molecule has 0 unspecified atom stereocenters. The fraction of sp³-hybridized carbons (Fsp3) is 0.500. The molecule has 1 fully saturated rings. The van der Waals surface area contributed by atoms with Crippen LogP contribution in [0.5, 0.6) is 0 Å². The minimum Gasteiger partial charge on any atom is -0.452 e. The molecular weight excluding hydrogens is 300 g/mol. The first-order chi connectivity index (χ1) is 10.9. The zero-order valence-corrected chi connectivity index (χ0v) is 13.2. The van der Waals surface area contributed by atoms with E-state index in [9.17, 15) is 19.7 Å². The number of nitro groups is 1. The molecule has 23 heavy (non-hydrogen) atoms. The van der Waals surface area contributed by atoms with Gasteiger partial charge in [0, 0.05) is 25.2 Å². The van der Waals surface area contributed by atoms with E-state index in [2.05, 4.69) is 13.8 Å². The van der Waals surface area contributed by atoms with Crippen LogP contribution in [0.3, 0.4) is 0 Å². The van der Waals surface area contributed by atoms with Gasteiger partial charge in [-0.1, -0.05) is 19.9 Å². The summed E-state index contributed by atoms with van der Waals surface area (Å²) < 4.78 is 5.00. The van der Waals surface area contributed by atoms with Crippen molar-refractivity contribution in [2.45, 2.75) is 20.3 Å². The van der Waals surface area contributed by atoms with Crippen LogP contribution in [0.1, 0.15) is 30.6 Å². The normalized spacial score (nSPS) is 20.9. The van der Waals surface area contributed by atoms with Crippen LogP contribution in [0, 0.1) is 22.0 Å². The van der Waals surface area contributed by atoms with Crippen molar-refractivity contribution in [3.8, 4) is 0 Å². The third kappa shape index (κ3) is 4.51. The fourth-order valence-electron chi connectivity index (χ4n) is 2.91. The topological polar surface area (TPSA) is 89.8 Å². The van der Waals surface area contributed by atoms with Crippen LogP contribution in [0.2, 0.25) is 0 Å². The van der Waals surface area contributed by atoms with Crippen LogP contribution in [-0.2, 0) is 9.53 Å². The second kappa shape index (κ2) is 7.21. The first-order valence-electron chi connectivity index (χ1n) is 7.56. The highest BCUT2D eigenvalue weighted by molar-refractivity contribution is 5.91. The third-order valence-electron chi connectivity index (χ3n) is 3.84. The number of rotatable bonds is 4. The highest BCUT2D eigenvalue weighted by atomic mass is 16.6. The van der Waals surface area contributed by atoms with Gasteiger partial charge in [-0.05, 0) is 24.3 Å². The molecule has 1 aliphatic heterocycles. The standard InChI is InChI=1S/C16H20N2O5/c1-11-6-12(2)9-17(8-11)15(19)10-23-16(20)13-4-3-5-14(7-13)18(21)22/h3-5,7,11-12H,6,8-10H2,1-2H3/t11-,12+. The molecule has 0 aliphatic carbocycles. The maximum atomic E-state index is 12.1. The predicted molar refractivity (Wildman–Crippen MR) is 82.9 cm³/mol. The molecule has 1 amide bonds. The molecule has 0 bridgehead atoms. The number of benzene rings is 1. The molecule has 1 aromatic carbocycles. The van der Waals surface area contributed by atoms with Gasteiger partial charge >= 0.3 is 5.97 Å². The van der Waals surface area contributed by atoms with Crippen molar-refractivity contribution in [3.05, 3.63) is 39.9 Å². The number of esters is 1. The molecule has 0 saturated carbocycles. The Morgan fingerprint density at radius 2 is 1.96 bits per heavy atom. The van der Waals surface area contributed by atoms with Crippen molar-refractivity contribution in [1.82, 2.24) is 4.90 Å². The summed E-state index contributed by atoms with van der Waals surface area (Å²) >= 11 is 0. The maximum Gasteiger partial charge on any atom is 0.338 e. The summed E-state index contributed by atoms with van der Waals surface area (Å²) in [6, 6.07) is 5.26. The summed E-state index contributed by atoms with van der Waals surface area (Å²) in [6.45, 7) is 5.16. The second-order valence-corrected chi connectivity index (χ2v) is 6.13. The van der Waals surface area contributed by atoms with Crippen molar-refractivity contribution >= 4 is 17.6 Å². The number of hydrogen-bond donors (Lipinski definition) is 0. The molecule has 7 heteroatoms. The molecule has 1 aliphatic rings. The number of ether oxygens (including phenoxy) is 1. The third-order valence-corrected chi connectivity index (χ3v) is 3.84. The minimum absolute atomic E-state index is 0.0624. The van der Waals surface area contributed by atoms with Gasteiger partial charge < -0.3 is 9.64 Å². The number of amides is 1. The van der Waals surface area contributed by atoms with Crippen molar-refractivity contribution < 1.29 is 19.2 Å². The van der Waals surface area contributed by atoms with Gasteiger partial charge in [0.2, 0.25) is 0 Å². The van der Waals surface area contributed by atoms with Gasteiger partial charge in [-0.3, -0.25) is 14.9 Å². The Morgan fingerprint density at radius 3 is 2.57 bits per heavy atom. The number of nitrogens with zero attached hydrogens (tertiary/aromatic N) is 2. The van der Waals surface area contributed by atoms with E-state index in [1.807, 2.05) is 0 Å². The number of piperidine rings is 1. The van der Waals surface area contributed by atoms with E-state index in [0.29, 0.717) is 24.9 Å². The van der Waals surface area contributed by atoms with Crippen LogP contribution in [0.4, 0.5) is 5.69 Å². The molecule has 2 atom stereocenters. The molecule has 2 rings (SSSR count). The molecule has 0 radical (unpaired) electrons. The Labute approximate surface area is 134 Å². The first-order valence-corrected chi connectivity index (χ1v) is 7.56. The highest BCUT2D eigenvalue weighted by Crippen LogP contribution is 2.21. The summed E-state index contributed by atoms with van der Waals surface area (Å²) in [5, 5.41) is 10.7. The van der Waals surface area contributed by atoms with Crippen LogP contribution in [0.25, 0.3) is 0 Å². The zero-order valence-electron chi connectivity index (χ0n) is 13.2. The van der Waals surface area contributed by atoms with Gasteiger partial charge in [-0.2, -0.15) is 0 Å². The molecule has 1 saturated heterocycles. The number of carbonyl (C=O) groups is 2. The Bertz CT molecular complexity index is 606. The fourth-order valence-corrected chi connectivity index (χ4v) is 2.91. The highest BCUT2D eigenvalue weighted by Gasteiger charge is 2.26. The van der Waals surface area contributed by atoms with Crippen molar-refractivity contribution in [1.29, 1.82) is 0 Å². The van der Waals surface area contributed by atoms with E-state index in [-0.39, 0.29) is 23.8 Å². The number of hydrogen-bond acceptors (Lipinski definition) is 5. The lowest BCUT2D eigenvalue weighted by Crippen LogP contribution is -2.44. The maximum absolute atomic E-state index is 12.1. The van der Waals surface area contributed by atoms with E-state index in [4.69, 9.17) is 4.74 Å². The molecule has 1 heterocycles. The molecule has 7 nitrogen and oxygen atoms in total. The van der Waals surface area contributed by atoms with Crippen molar-refractivity contribution in [2.24, 2.45) is 11.8 Å². The lowest BCUT2D eigenvalue weighted by atomic mass is 9.92. The molecule has 124 valence electrons. The lowest BCUT2D eigenvalue weighted by Gasteiger charge is -2.34. The first kappa shape index (κ1) is 16.9. The van der Waals surface area contributed by atoms with Crippen LogP contribution >= 0.6 is 0 Å². The SMILES string of the molecule is C[C@@H]1C[C@H](C)CN(C(=O)COC(=O)c2cccc([N+](=O)[O-])c2)C1. The van der Waals surface area contributed by atoms with Gasteiger partial charge in [-0.25, -0.2) is 4.79 Å². The van der Waals surface area contributed by atoms with E-state index in [0.717, 1.165) is 12.5 Å². The Morgan fingerprint density at radius 1 is 1.30 bits per heavy atom. The van der Waals surface area contributed by atoms with Gasteiger partial charge in [-0.15, -0.1) is 0 Å². The lowest BCUT2D eigenvalue weighted by molar-refractivity contribution is -0.384. The smallest absolute Gasteiger partial charge is 0.338 e. The quantitative estimate of drug-likeness (QED) is 0.482.